The quantitative estimate of drug-likeness (QED) is 0.770. The number of amides is 2. The van der Waals surface area contributed by atoms with Crippen molar-refractivity contribution in [1.29, 1.82) is 0 Å². The van der Waals surface area contributed by atoms with Crippen LogP contribution in [0.1, 0.15) is 50.5 Å². The monoisotopic (exact) mass is 433 g/mol. The molecule has 1 aliphatic carbocycles. The van der Waals surface area contributed by atoms with Crippen LogP contribution in [-0.4, -0.2) is 61.7 Å². The van der Waals surface area contributed by atoms with E-state index in [9.17, 15) is 18.0 Å². The molecule has 30 heavy (non-hydrogen) atoms. The molecule has 164 valence electrons. The van der Waals surface area contributed by atoms with E-state index in [-0.39, 0.29) is 28.7 Å². The lowest BCUT2D eigenvalue weighted by Gasteiger charge is -2.33. The van der Waals surface area contributed by atoms with Crippen LogP contribution in [0.25, 0.3) is 0 Å². The normalized spacial score (nSPS) is 24.0. The van der Waals surface area contributed by atoms with Gasteiger partial charge in [-0.15, -0.1) is 0 Å². The SMILES string of the molecule is Cc1ccc(S(=O)(=O)NC2CCN(C(=O)[C@@H]3CC(=O)N(C4CCCC4)C3)CC2)cc1. The van der Waals surface area contributed by atoms with Gasteiger partial charge in [0.05, 0.1) is 10.8 Å². The van der Waals surface area contributed by atoms with Crippen molar-refractivity contribution in [2.75, 3.05) is 19.6 Å². The smallest absolute Gasteiger partial charge is 0.240 e. The van der Waals surface area contributed by atoms with Gasteiger partial charge < -0.3 is 9.80 Å². The highest BCUT2D eigenvalue weighted by atomic mass is 32.2. The van der Waals surface area contributed by atoms with Crippen molar-refractivity contribution in [3.63, 3.8) is 0 Å². The second kappa shape index (κ2) is 8.67. The lowest BCUT2D eigenvalue weighted by molar-refractivity contribution is -0.136. The van der Waals surface area contributed by atoms with Gasteiger partial charge in [0.1, 0.15) is 0 Å². The van der Waals surface area contributed by atoms with E-state index in [4.69, 9.17) is 0 Å². The lowest BCUT2D eigenvalue weighted by atomic mass is 10.0. The Morgan fingerprint density at radius 1 is 1.03 bits per heavy atom. The molecule has 7 nitrogen and oxygen atoms in total. The predicted molar refractivity (Wildman–Crippen MR) is 113 cm³/mol. The van der Waals surface area contributed by atoms with Crippen molar-refractivity contribution in [2.24, 2.45) is 5.92 Å². The third kappa shape index (κ3) is 4.54. The predicted octanol–water partition coefficient (Wildman–Crippen LogP) is 2.06. The van der Waals surface area contributed by atoms with Gasteiger partial charge in [-0.25, -0.2) is 13.1 Å². The molecule has 3 fully saturated rings. The first kappa shape index (κ1) is 21.3. The highest BCUT2D eigenvalue weighted by molar-refractivity contribution is 7.89. The van der Waals surface area contributed by atoms with Crippen molar-refractivity contribution in [1.82, 2.24) is 14.5 Å². The summed E-state index contributed by atoms with van der Waals surface area (Å²) >= 11 is 0. The topological polar surface area (TPSA) is 86.8 Å². The molecule has 2 amide bonds. The maximum absolute atomic E-state index is 13.0. The Hall–Kier alpha value is -1.93. The van der Waals surface area contributed by atoms with Crippen molar-refractivity contribution < 1.29 is 18.0 Å². The van der Waals surface area contributed by atoms with E-state index in [1.807, 2.05) is 16.7 Å². The first-order valence-corrected chi connectivity index (χ1v) is 12.5. The molecule has 0 radical (unpaired) electrons. The maximum Gasteiger partial charge on any atom is 0.240 e. The fourth-order valence-electron chi connectivity index (χ4n) is 4.95. The van der Waals surface area contributed by atoms with Crippen molar-refractivity contribution in [3.05, 3.63) is 29.8 Å². The fraction of sp³-hybridized carbons (Fsp3) is 0.636. The summed E-state index contributed by atoms with van der Waals surface area (Å²) in [6.45, 7) is 3.51. The number of nitrogens with one attached hydrogen (secondary N) is 1. The summed E-state index contributed by atoms with van der Waals surface area (Å²) in [5.74, 6) is -0.0939. The Morgan fingerprint density at radius 2 is 1.67 bits per heavy atom. The third-order valence-corrected chi connectivity index (χ3v) is 8.27. The molecule has 4 rings (SSSR count). The van der Waals surface area contributed by atoms with E-state index in [0.717, 1.165) is 18.4 Å². The Morgan fingerprint density at radius 3 is 2.30 bits per heavy atom. The maximum atomic E-state index is 13.0. The highest BCUT2D eigenvalue weighted by Gasteiger charge is 2.40. The van der Waals surface area contributed by atoms with Gasteiger partial charge in [0.15, 0.2) is 0 Å². The van der Waals surface area contributed by atoms with Crippen LogP contribution in [0.3, 0.4) is 0 Å². The van der Waals surface area contributed by atoms with Crippen LogP contribution in [0.5, 0.6) is 0 Å². The summed E-state index contributed by atoms with van der Waals surface area (Å²) < 4.78 is 28.0. The van der Waals surface area contributed by atoms with Gasteiger partial charge in [0, 0.05) is 38.1 Å². The van der Waals surface area contributed by atoms with E-state index in [0.29, 0.717) is 44.9 Å². The first-order valence-electron chi connectivity index (χ1n) is 11.0. The van der Waals surface area contributed by atoms with Crippen LogP contribution in [0.15, 0.2) is 29.2 Å². The van der Waals surface area contributed by atoms with Crippen LogP contribution < -0.4 is 4.72 Å². The standard InChI is InChI=1S/C22H31N3O4S/c1-16-6-8-20(9-7-16)30(28,29)23-18-10-12-24(13-11-18)22(27)17-14-21(26)25(15-17)19-4-2-3-5-19/h6-9,17-19,23H,2-5,10-15H2,1H3/t17-/m1/s1. The molecule has 2 saturated heterocycles. The number of carbonyl (C=O) groups excluding carboxylic acids is 2. The van der Waals surface area contributed by atoms with Crippen LogP contribution in [0, 0.1) is 12.8 Å². The van der Waals surface area contributed by atoms with Gasteiger partial charge in [-0.2, -0.15) is 0 Å². The second-order valence-corrected chi connectivity index (χ2v) is 10.6. The van der Waals surface area contributed by atoms with Crippen molar-refractivity contribution in [3.8, 4) is 0 Å². The number of likely N-dealkylation sites (tertiary alicyclic amines) is 2. The van der Waals surface area contributed by atoms with Gasteiger partial charge in [0.25, 0.3) is 0 Å². The summed E-state index contributed by atoms with van der Waals surface area (Å²) in [4.78, 5) is 29.4. The minimum atomic E-state index is -3.56. The van der Waals surface area contributed by atoms with E-state index >= 15 is 0 Å². The van der Waals surface area contributed by atoms with Crippen LogP contribution in [-0.2, 0) is 19.6 Å². The first-order chi connectivity index (χ1) is 14.3. The zero-order chi connectivity index (χ0) is 21.3. The number of rotatable bonds is 5. The number of benzene rings is 1. The molecule has 1 atom stereocenters. The lowest BCUT2D eigenvalue weighted by Crippen LogP contribution is -2.48. The summed E-state index contributed by atoms with van der Waals surface area (Å²) in [5, 5.41) is 0. The van der Waals surface area contributed by atoms with Gasteiger partial charge in [0.2, 0.25) is 21.8 Å². The Labute approximate surface area is 178 Å². The van der Waals surface area contributed by atoms with Crippen LogP contribution in [0.4, 0.5) is 0 Å². The molecule has 1 N–H and O–H groups in total. The van der Waals surface area contributed by atoms with Crippen molar-refractivity contribution in [2.45, 2.75) is 68.8 Å². The number of piperidine rings is 1. The molecule has 1 aromatic carbocycles. The average molecular weight is 434 g/mol. The minimum absolute atomic E-state index is 0.0451. The fourth-order valence-corrected chi connectivity index (χ4v) is 6.25. The molecule has 2 aliphatic heterocycles. The van der Waals surface area contributed by atoms with Gasteiger partial charge >= 0.3 is 0 Å². The van der Waals surface area contributed by atoms with Crippen molar-refractivity contribution >= 4 is 21.8 Å². The molecule has 3 aliphatic rings. The molecule has 1 aromatic rings. The largest absolute Gasteiger partial charge is 0.342 e. The van der Waals surface area contributed by atoms with Crippen LogP contribution in [0.2, 0.25) is 0 Å². The summed E-state index contributed by atoms with van der Waals surface area (Å²) in [6, 6.07) is 6.94. The number of sulfonamides is 1. The second-order valence-electron chi connectivity index (χ2n) is 8.92. The zero-order valence-electron chi connectivity index (χ0n) is 17.5. The number of carbonyl (C=O) groups is 2. The van der Waals surface area contributed by atoms with Gasteiger partial charge in [-0.1, -0.05) is 30.5 Å². The van der Waals surface area contributed by atoms with Crippen LogP contribution >= 0.6 is 0 Å². The Bertz CT molecular complexity index is 885. The molecule has 8 heteroatoms. The molecule has 0 bridgehead atoms. The number of aryl methyl sites for hydroxylation is 1. The Balaban J connectivity index is 1.29. The number of hydrogen-bond donors (Lipinski definition) is 1. The molecule has 0 aromatic heterocycles. The van der Waals surface area contributed by atoms with Gasteiger partial charge in [-0.05, 0) is 44.7 Å². The molecular weight excluding hydrogens is 402 g/mol. The minimum Gasteiger partial charge on any atom is -0.342 e. The van der Waals surface area contributed by atoms with E-state index in [1.165, 1.54) is 12.8 Å². The summed E-state index contributed by atoms with van der Waals surface area (Å²) in [5.41, 5.74) is 1.01. The highest BCUT2D eigenvalue weighted by Crippen LogP contribution is 2.30. The molecule has 1 saturated carbocycles. The van der Waals surface area contributed by atoms with Gasteiger partial charge in [-0.3, -0.25) is 9.59 Å². The van der Waals surface area contributed by atoms with E-state index < -0.39 is 10.0 Å². The number of nitrogens with zero attached hydrogens (tertiary/aromatic N) is 2. The third-order valence-electron chi connectivity index (χ3n) is 6.73. The van der Waals surface area contributed by atoms with E-state index in [2.05, 4.69) is 4.72 Å². The average Bonchev–Trinajstić information content (AvgIpc) is 3.37. The Kier molecular flexibility index (Phi) is 6.16. The summed E-state index contributed by atoms with van der Waals surface area (Å²) in [7, 11) is -3.56. The number of hydrogen-bond acceptors (Lipinski definition) is 4. The molecular formula is C22H31N3O4S. The molecule has 0 spiro atoms. The molecule has 0 unspecified atom stereocenters. The van der Waals surface area contributed by atoms with E-state index in [1.54, 1.807) is 24.3 Å². The zero-order valence-corrected chi connectivity index (χ0v) is 18.4. The summed E-state index contributed by atoms with van der Waals surface area (Å²) in [6.07, 6.45) is 5.93. The molecule has 2 heterocycles.